The van der Waals surface area contributed by atoms with Crippen LogP contribution in [-0.4, -0.2) is 33.3 Å². The molecule has 2 aromatic heterocycles. The van der Waals surface area contributed by atoms with Gasteiger partial charge in [-0.05, 0) is 92.7 Å². The summed E-state index contributed by atoms with van der Waals surface area (Å²) in [6.07, 6.45) is 10.3. The number of allylic oxidation sites excluding steroid dienone is 1. The maximum Gasteiger partial charge on any atom is 0.231 e. The highest BCUT2D eigenvalue weighted by atomic mass is 19.1. The van der Waals surface area contributed by atoms with Crippen molar-refractivity contribution in [3.05, 3.63) is 65.9 Å². The predicted octanol–water partition coefficient (Wildman–Crippen LogP) is 4.65. The van der Waals surface area contributed by atoms with E-state index in [2.05, 4.69) is 20.7 Å². The average Bonchev–Trinajstić information content (AvgIpc) is 3.23. The van der Waals surface area contributed by atoms with Gasteiger partial charge in [-0.2, -0.15) is 5.10 Å². The van der Waals surface area contributed by atoms with Crippen molar-refractivity contribution < 1.29 is 9.18 Å². The van der Waals surface area contributed by atoms with E-state index in [0.29, 0.717) is 46.0 Å². The minimum Gasteiger partial charge on any atom is -0.393 e. The number of halogens is 1. The number of carbonyl (C=O) groups is 1. The lowest BCUT2D eigenvalue weighted by atomic mass is 9.49. The van der Waals surface area contributed by atoms with E-state index in [1.807, 2.05) is 6.07 Å². The summed E-state index contributed by atoms with van der Waals surface area (Å²) in [6, 6.07) is 9.46. The summed E-state index contributed by atoms with van der Waals surface area (Å²) in [5.41, 5.74) is 2.32. The van der Waals surface area contributed by atoms with E-state index in [1.54, 1.807) is 42.2 Å². The Kier molecular flexibility index (Phi) is 5.20. The fourth-order valence-corrected chi connectivity index (χ4v) is 6.91. The van der Waals surface area contributed by atoms with Crippen molar-refractivity contribution in [1.82, 2.24) is 19.9 Å². The summed E-state index contributed by atoms with van der Waals surface area (Å²) < 4.78 is 15.0. The number of benzene rings is 1. The van der Waals surface area contributed by atoms with Crippen molar-refractivity contribution in [3.8, 4) is 0 Å². The zero-order valence-electron chi connectivity index (χ0n) is 19.7. The number of nitrogens with one attached hydrogen (secondary N) is 3. The number of hydrogen-bond donors (Lipinski definition) is 3. The molecule has 3 aromatic rings. The summed E-state index contributed by atoms with van der Waals surface area (Å²) >= 11 is 0. The van der Waals surface area contributed by atoms with Gasteiger partial charge in [-0.25, -0.2) is 13.9 Å². The van der Waals surface area contributed by atoms with Gasteiger partial charge in [0.15, 0.2) is 11.5 Å². The monoisotopic (exact) mass is 472 g/mol. The summed E-state index contributed by atoms with van der Waals surface area (Å²) in [6.45, 7) is 0. The minimum absolute atomic E-state index is 0.106. The van der Waals surface area contributed by atoms with Crippen LogP contribution in [0.4, 0.5) is 10.2 Å². The van der Waals surface area contributed by atoms with Crippen LogP contribution in [-0.2, 0) is 4.79 Å². The molecule has 0 atom stereocenters. The SMILES string of the molecule is CN/C=C(\C(=N)c1ccc(F)cc1)c1ccc2nc(NC(=O)C34CC5CC(CC(C5)C3)C4)cn2n1. The molecular formula is C27H29FN6O. The van der Waals surface area contributed by atoms with E-state index in [4.69, 9.17) is 5.41 Å². The lowest BCUT2D eigenvalue weighted by Crippen LogP contribution is -2.51. The van der Waals surface area contributed by atoms with Gasteiger partial charge in [-0.15, -0.1) is 0 Å². The zero-order chi connectivity index (χ0) is 24.2. The third-order valence-electron chi connectivity index (χ3n) is 8.05. The topological polar surface area (TPSA) is 95.2 Å². The van der Waals surface area contributed by atoms with Crippen LogP contribution in [0.5, 0.6) is 0 Å². The van der Waals surface area contributed by atoms with E-state index >= 15 is 0 Å². The first-order valence-electron chi connectivity index (χ1n) is 12.3. The number of nitrogens with zero attached hydrogens (tertiary/aromatic N) is 3. The number of imidazole rings is 1. The molecule has 7 nitrogen and oxygen atoms in total. The molecule has 8 heteroatoms. The number of carbonyl (C=O) groups excluding carboxylic acids is 1. The predicted molar refractivity (Wildman–Crippen MR) is 132 cm³/mol. The molecule has 1 amide bonds. The summed E-state index contributed by atoms with van der Waals surface area (Å²) in [7, 11) is 1.76. The molecule has 4 fully saturated rings. The molecule has 4 saturated carbocycles. The number of anilines is 1. The van der Waals surface area contributed by atoms with Crippen LogP contribution in [0.2, 0.25) is 0 Å². The van der Waals surface area contributed by atoms with E-state index in [-0.39, 0.29) is 22.9 Å². The molecule has 180 valence electrons. The molecule has 7 rings (SSSR count). The van der Waals surface area contributed by atoms with Crippen LogP contribution in [0.3, 0.4) is 0 Å². The molecule has 4 aliphatic rings. The highest BCUT2D eigenvalue weighted by Gasteiger charge is 2.54. The van der Waals surface area contributed by atoms with E-state index in [9.17, 15) is 9.18 Å². The van der Waals surface area contributed by atoms with Crippen molar-refractivity contribution in [1.29, 1.82) is 5.41 Å². The normalized spacial score (nSPS) is 27.3. The first-order chi connectivity index (χ1) is 16.9. The Morgan fingerprint density at radius 3 is 2.37 bits per heavy atom. The summed E-state index contributed by atoms with van der Waals surface area (Å²) in [5, 5.41) is 19.4. The van der Waals surface area contributed by atoms with Gasteiger partial charge in [-0.3, -0.25) is 10.2 Å². The molecule has 35 heavy (non-hydrogen) atoms. The number of fused-ring (bicyclic) bond motifs is 1. The molecule has 0 unspecified atom stereocenters. The number of aromatic nitrogens is 3. The van der Waals surface area contributed by atoms with Gasteiger partial charge in [0.1, 0.15) is 5.82 Å². The summed E-state index contributed by atoms with van der Waals surface area (Å²) in [5.74, 6) is 2.36. The molecular weight excluding hydrogens is 443 g/mol. The third kappa shape index (κ3) is 3.90. The Bertz CT molecular complexity index is 1310. The van der Waals surface area contributed by atoms with E-state index < -0.39 is 0 Å². The Hall–Kier alpha value is -3.55. The van der Waals surface area contributed by atoms with Gasteiger partial charge in [0.25, 0.3) is 0 Å². The van der Waals surface area contributed by atoms with Crippen LogP contribution >= 0.6 is 0 Å². The Balaban J connectivity index is 1.25. The van der Waals surface area contributed by atoms with Gasteiger partial charge in [-0.1, -0.05) is 0 Å². The standard InChI is InChI=1S/C27H29FN6O/c1-30-14-21(25(29)19-2-4-20(28)5-3-19)22-6-7-24-31-23(15-34(24)33-22)32-26(35)27-11-16-8-17(12-27)10-18(9-16)13-27/h2-7,14-18,29-30H,8-13H2,1H3,(H,32,35)/b21-14-,29-25?. The van der Waals surface area contributed by atoms with Crippen LogP contribution < -0.4 is 10.6 Å². The second-order valence-corrected chi connectivity index (χ2v) is 10.5. The van der Waals surface area contributed by atoms with E-state index in [1.165, 1.54) is 31.4 Å². The molecule has 4 aliphatic carbocycles. The average molecular weight is 473 g/mol. The fraction of sp³-hybridized carbons (Fsp3) is 0.407. The number of hydrogen-bond acceptors (Lipinski definition) is 5. The van der Waals surface area contributed by atoms with Crippen molar-refractivity contribution in [2.45, 2.75) is 38.5 Å². The summed E-state index contributed by atoms with van der Waals surface area (Å²) in [4.78, 5) is 18.0. The van der Waals surface area contributed by atoms with Crippen molar-refractivity contribution in [2.24, 2.45) is 23.2 Å². The molecule has 0 saturated heterocycles. The maximum absolute atomic E-state index is 13.4. The molecule has 3 N–H and O–H groups in total. The fourth-order valence-electron chi connectivity index (χ4n) is 6.91. The largest absolute Gasteiger partial charge is 0.393 e. The Labute approximate surface area is 203 Å². The van der Waals surface area contributed by atoms with Crippen LogP contribution in [0, 0.1) is 34.4 Å². The number of rotatable bonds is 6. The first kappa shape index (κ1) is 21.9. The van der Waals surface area contributed by atoms with Gasteiger partial charge in [0.05, 0.1) is 23.0 Å². The molecule has 1 aromatic carbocycles. The molecule has 0 radical (unpaired) electrons. The van der Waals surface area contributed by atoms with Crippen molar-refractivity contribution >= 4 is 28.7 Å². The zero-order valence-corrected chi connectivity index (χ0v) is 19.7. The minimum atomic E-state index is -0.346. The van der Waals surface area contributed by atoms with Crippen molar-refractivity contribution in [3.63, 3.8) is 0 Å². The highest BCUT2D eigenvalue weighted by molar-refractivity contribution is 6.29. The third-order valence-corrected chi connectivity index (χ3v) is 8.05. The van der Waals surface area contributed by atoms with Gasteiger partial charge >= 0.3 is 0 Å². The quantitative estimate of drug-likeness (QED) is 0.455. The van der Waals surface area contributed by atoms with Crippen LogP contribution in [0.15, 0.2) is 48.8 Å². The van der Waals surface area contributed by atoms with Crippen LogP contribution in [0.1, 0.15) is 49.8 Å². The van der Waals surface area contributed by atoms with Gasteiger partial charge < -0.3 is 10.6 Å². The van der Waals surface area contributed by atoms with Gasteiger partial charge in [0.2, 0.25) is 5.91 Å². The molecule has 4 bridgehead atoms. The lowest BCUT2D eigenvalue weighted by molar-refractivity contribution is -0.140. The Morgan fingerprint density at radius 1 is 1.09 bits per heavy atom. The van der Waals surface area contributed by atoms with Gasteiger partial charge in [0, 0.05) is 24.4 Å². The van der Waals surface area contributed by atoms with Crippen LogP contribution in [0.25, 0.3) is 11.2 Å². The second-order valence-electron chi connectivity index (χ2n) is 10.5. The molecule has 0 spiro atoms. The highest BCUT2D eigenvalue weighted by Crippen LogP contribution is 2.60. The number of amides is 1. The smallest absolute Gasteiger partial charge is 0.231 e. The first-order valence-corrected chi connectivity index (χ1v) is 12.3. The molecule has 0 aliphatic heterocycles. The molecule has 2 heterocycles. The van der Waals surface area contributed by atoms with Crippen molar-refractivity contribution in [2.75, 3.05) is 12.4 Å². The maximum atomic E-state index is 13.4. The van der Waals surface area contributed by atoms with E-state index in [0.717, 1.165) is 19.3 Å². The second kappa shape index (κ2) is 8.29. The Morgan fingerprint density at radius 2 is 1.74 bits per heavy atom. The lowest BCUT2D eigenvalue weighted by Gasteiger charge is -2.55.